The Morgan fingerprint density at radius 1 is 1.22 bits per heavy atom. The Hall–Kier alpha value is -1.75. The molecule has 1 fully saturated rings. The van der Waals surface area contributed by atoms with Crippen LogP contribution in [-0.2, 0) is 4.79 Å². The number of aryl methyl sites for hydroxylation is 1. The molecule has 1 saturated heterocycles. The summed E-state index contributed by atoms with van der Waals surface area (Å²) >= 11 is 0. The van der Waals surface area contributed by atoms with E-state index in [1.807, 2.05) is 6.92 Å². The normalized spacial score (nSPS) is 17.3. The van der Waals surface area contributed by atoms with Crippen molar-refractivity contribution in [2.24, 2.45) is 5.73 Å². The molecule has 5 nitrogen and oxygen atoms in total. The van der Waals surface area contributed by atoms with E-state index in [2.05, 4.69) is 54.1 Å². The lowest BCUT2D eigenvalue weighted by molar-refractivity contribution is -0.118. The second kappa shape index (κ2) is 7.68. The van der Waals surface area contributed by atoms with Gasteiger partial charge in [-0.05, 0) is 51.0 Å². The molecule has 1 atom stereocenters. The molecule has 0 aliphatic carbocycles. The summed E-state index contributed by atoms with van der Waals surface area (Å²) in [6, 6.07) is 6.69. The molecule has 3 N–H and O–H groups in total. The number of hydrogen-bond donors (Lipinski definition) is 2. The zero-order chi connectivity index (χ0) is 17.0. The summed E-state index contributed by atoms with van der Waals surface area (Å²) < 4.78 is 0. The van der Waals surface area contributed by atoms with E-state index >= 15 is 0 Å². The summed E-state index contributed by atoms with van der Waals surface area (Å²) in [5.41, 5.74) is 8.82. The first kappa shape index (κ1) is 17.6. The van der Waals surface area contributed by atoms with E-state index in [-0.39, 0.29) is 11.9 Å². The van der Waals surface area contributed by atoms with E-state index in [9.17, 15) is 4.79 Å². The highest BCUT2D eigenvalue weighted by Gasteiger charge is 2.20. The Balaban J connectivity index is 2.10. The molecule has 128 valence electrons. The smallest absolute Gasteiger partial charge is 0.239 e. The molecule has 0 spiro atoms. The molecule has 1 aromatic rings. The Bertz CT molecular complexity index is 536. The van der Waals surface area contributed by atoms with Crippen molar-refractivity contribution in [3.05, 3.63) is 23.8 Å². The highest BCUT2D eigenvalue weighted by molar-refractivity contribution is 5.83. The van der Waals surface area contributed by atoms with Crippen LogP contribution in [0.4, 0.5) is 11.4 Å². The molecule has 23 heavy (non-hydrogen) atoms. The van der Waals surface area contributed by atoms with Crippen molar-refractivity contribution < 1.29 is 4.79 Å². The fourth-order valence-corrected chi connectivity index (χ4v) is 3.10. The van der Waals surface area contributed by atoms with E-state index in [0.29, 0.717) is 12.5 Å². The van der Waals surface area contributed by atoms with Crippen LogP contribution in [0, 0.1) is 6.92 Å². The quantitative estimate of drug-likeness (QED) is 0.844. The van der Waals surface area contributed by atoms with Crippen molar-refractivity contribution >= 4 is 17.3 Å². The van der Waals surface area contributed by atoms with Gasteiger partial charge in [-0.3, -0.25) is 9.69 Å². The first-order valence-corrected chi connectivity index (χ1v) is 8.57. The van der Waals surface area contributed by atoms with Crippen molar-refractivity contribution in [3.63, 3.8) is 0 Å². The topological polar surface area (TPSA) is 61.6 Å². The van der Waals surface area contributed by atoms with Gasteiger partial charge in [0.1, 0.15) is 6.04 Å². The molecule has 1 aliphatic rings. The summed E-state index contributed by atoms with van der Waals surface area (Å²) in [7, 11) is 0. The SMILES string of the molecule is CC[C@H](Nc1cc(C)cc(N2CCN(C(C)C)CC2)c1)C(N)=O. The fraction of sp³-hybridized carbons (Fsp3) is 0.611. The van der Waals surface area contributed by atoms with Gasteiger partial charge in [-0.1, -0.05) is 6.92 Å². The number of rotatable bonds is 6. The molecule has 1 amide bonds. The second-order valence-electron chi connectivity index (χ2n) is 6.68. The van der Waals surface area contributed by atoms with Crippen LogP contribution in [0.3, 0.4) is 0 Å². The Morgan fingerprint density at radius 2 is 1.87 bits per heavy atom. The van der Waals surface area contributed by atoms with Gasteiger partial charge in [-0.25, -0.2) is 0 Å². The Kier molecular flexibility index (Phi) is 5.88. The van der Waals surface area contributed by atoms with Gasteiger partial charge in [0.2, 0.25) is 5.91 Å². The maximum Gasteiger partial charge on any atom is 0.239 e. The lowest BCUT2D eigenvalue weighted by Crippen LogP contribution is -2.48. The van der Waals surface area contributed by atoms with Gasteiger partial charge < -0.3 is 16.0 Å². The zero-order valence-electron chi connectivity index (χ0n) is 14.8. The molecular weight excluding hydrogens is 288 g/mol. The summed E-state index contributed by atoms with van der Waals surface area (Å²) in [6.45, 7) is 12.8. The van der Waals surface area contributed by atoms with Crippen molar-refractivity contribution in [1.29, 1.82) is 0 Å². The van der Waals surface area contributed by atoms with Crippen LogP contribution in [0.2, 0.25) is 0 Å². The minimum absolute atomic E-state index is 0.305. The lowest BCUT2D eigenvalue weighted by atomic mass is 10.1. The molecule has 0 radical (unpaired) electrons. The second-order valence-corrected chi connectivity index (χ2v) is 6.68. The van der Waals surface area contributed by atoms with Crippen molar-refractivity contribution in [2.45, 2.75) is 46.2 Å². The Labute approximate surface area is 139 Å². The number of nitrogens with two attached hydrogens (primary N) is 1. The van der Waals surface area contributed by atoms with Crippen molar-refractivity contribution in [3.8, 4) is 0 Å². The van der Waals surface area contributed by atoms with E-state index < -0.39 is 0 Å². The van der Waals surface area contributed by atoms with Crippen LogP contribution in [0.1, 0.15) is 32.8 Å². The van der Waals surface area contributed by atoms with Crippen molar-refractivity contribution in [1.82, 2.24) is 4.90 Å². The molecule has 0 bridgehead atoms. The molecule has 1 aromatic carbocycles. The van der Waals surface area contributed by atoms with Crippen LogP contribution in [0.25, 0.3) is 0 Å². The predicted molar refractivity (Wildman–Crippen MR) is 97.0 cm³/mol. The molecule has 1 aliphatic heterocycles. The number of anilines is 2. The van der Waals surface area contributed by atoms with Gasteiger partial charge in [-0.15, -0.1) is 0 Å². The van der Waals surface area contributed by atoms with Crippen LogP contribution in [-0.4, -0.2) is 49.1 Å². The van der Waals surface area contributed by atoms with Crippen LogP contribution in [0.5, 0.6) is 0 Å². The molecule has 0 aromatic heterocycles. The van der Waals surface area contributed by atoms with Crippen LogP contribution >= 0.6 is 0 Å². The van der Waals surface area contributed by atoms with Crippen molar-refractivity contribution in [2.75, 3.05) is 36.4 Å². The number of carbonyl (C=O) groups excluding carboxylic acids is 1. The minimum Gasteiger partial charge on any atom is -0.374 e. The van der Waals surface area contributed by atoms with E-state index in [1.165, 1.54) is 11.3 Å². The highest BCUT2D eigenvalue weighted by atomic mass is 16.1. The maximum absolute atomic E-state index is 11.5. The summed E-state index contributed by atoms with van der Waals surface area (Å²) in [5.74, 6) is -0.305. The number of carbonyl (C=O) groups is 1. The third-order valence-corrected chi connectivity index (χ3v) is 4.56. The molecule has 0 unspecified atom stereocenters. The predicted octanol–water partition coefficient (Wildman–Crippen LogP) is 2.20. The van der Waals surface area contributed by atoms with Gasteiger partial charge in [-0.2, -0.15) is 0 Å². The average molecular weight is 318 g/mol. The largest absolute Gasteiger partial charge is 0.374 e. The third-order valence-electron chi connectivity index (χ3n) is 4.56. The number of amides is 1. The van der Waals surface area contributed by atoms with Gasteiger partial charge in [0.05, 0.1) is 0 Å². The number of hydrogen-bond acceptors (Lipinski definition) is 4. The molecule has 1 heterocycles. The number of nitrogens with zero attached hydrogens (tertiary/aromatic N) is 2. The zero-order valence-corrected chi connectivity index (χ0v) is 14.8. The van der Waals surface area contributed by atoms with Gasteiger partial charge in [0, 0.05) is 43.6 Å². The van der Waals surface area contributed by atoms with Gasteiger partial charge in [0.15, 0.2) is 0 Å². The number of benzene rings is 1. The van der Waals surface area contributed by atoms with Crippen LogP contribution < -0.4 is 16.0 Å². The first-order chi connectivity index (χ1) is 10.9. The molecule has 5 heteroatoms. The van der Waals surface area contributed by atoms with E-state index in [4.69, 9.17) is 5.73 Å². The summed E-state index contributed by atoms with van der Waals surface area (Å²) in [4.78, 5) is 16.4. The van der Waals surface area contributed by atoms with Gasteiger partial charge in [0.25, 0.3) is 0 Å². The van der Waals surface area contributed by atoms with Crippen LogP contribution in [0.15, 0.2) is 18.2 Å². The molecule has 2 rings (SSSR count). The number of nitrogens with one attached hydrogen (secondary N) is 1. The molecule has 0 saturated carbocycles. The van der Waals surface area contributed by atoms with E-state index in [0.717, 1.165) is 31.9 Å². The fourth-order valence-electron chi connectivity index (χ4n) is 3.10. The highest BCUT2D eigenvalue weighted by Crippen LogP contribution is 2.24. The van der Waals surface area contributed by atoms with E-state index in [1.54, 1.807) is 0 Å². The monoisotopic (exact) mass is 318 g/mol. The summed E-state index contributed by atoms with van der Waals surface area (Å²) in [6.07, 6.45) is 0.686. The summed E-state index contributed by atoms with van der Waals surface area (Å²) in [5, 5.41) is 3.26. The standard InChI is InChI=1S/C18H30N4O/c1-5-17(18(19)23)20-15-10-14(4)11-16(12-15)22-8-6-21(7-9-22)13(2)3/h10-13,17,20H,5-9H2,1-4H3,(H2,19,23)/t17-/m0/s1. The minimum atomic E-state index is -0.317. The third kappa shape index (κ3) is 4.61. The number of primary amides is 1. The lowest BCUT2D eigenvalue weighted by Gasteiger charge is -2.38. The Morgan fingerprint density at radius 3 is 2.39 bits per heavy atom. The van der Waals surface area contributed by atoms with Gasteiger partial charge >= 0.3 is 0 Å². The first-order valence-electron chi connectivity index (χ1n) is 8.57. The molecular formula is C18H30N4O. The average Bonchev–Trinajstić information content (AvgIpc) is 2.51. The maximum atomic E-state index is 11.5. The number of piperazine rings is 1.